The van der Waals surface area contributed by atoms with E-state index < -0.39 is 0 Å². The topological polar surface area (TPSA) is 3.88 Å². The molecule has 0 aliphatic heterocycles. The number of nitrogens with zero attached hydrogens (tertiary/aromatic N) is 1. The molecule has 3 aromatic rings. The summed E-state index contributed by atoms with van der Waals surface area (Å²) in [5.74, 6) is 0.656. The van der Waals surface area contributed by atoms with Gasteiger partial charge in [0.15, 0.2) is 5.69 Å². The third kappa shape index (κ3) is 3.80. The Morgan fingerprint density at radius 3 is 2.33 bits per heavy atom. The number of hydrogen-bond acceptors (Lipinski definition) is 0. The smallest absolute Gasteiger partial charge is 0.198 e. The van der Waals surface area contributed by atoms with Gasteiger partial charge >= 0.3 is 0 Å². The highest BCUT2D eigenvalue weighted by Gasteiger charge is 2.24. The summed E-state index contributed by atoms with van der Waals surface area (Å²) in [7, 11) is 2.12. The van der Waals surface area contributed by atoms with Crippen LogP contribution in [0.3, 0.4) is 0 Å². The fourth-order valence-corrected chi connectivity index (χ4v) is 5.05. The number of benzene rings is 2. The Labute approximate surface area is 184 Å². The molecular weight excluding hydrogens is 362 g/mol. The molecule has 4 rings (SSSR count). The van der Waals surface area contributed by atoms with Crippen molar-refractivity contribution in [1.29, 1.82) is 0 Å². The number of hydrogen-bond donors (Lipinski definition) is 0. The van der Waals surface area contributed by atoms with Gasteiger partial charge in [0, 0.05) is 13.0 Å². The van der Waals surface area contributed by atoms with E-state index in [4.69, 9.17) is 1.37 Å². The number of rotatable bonds is 2. The fraction of sp³-hybridized carbons (Fsp3) is 0.483. The van der Waals surface area contributed by atoms with Crippen molar-refractivity contribution >= 4 is 10.8 Å². The van der Waals surface area contributed by atoms with Gasteiger partial charge in [-0.2, -0.15) is 4.57 Å². The molecule has 30 heavy (non-hydrogen) atoms. The van der Waals surface area contributed by atoms with Crippen LogP contribution in [0.2, 0.25) is 0 Å². The van der Waals surface area contributed by atoms with Gasteiger partial charge in [-0.05, 0) is 77.8 Å². The van der Waals surface area contributed by atoms with Crippen molar-refractivity contribution in [3.8, 4) is 11.3 Å². The third-order valence-electron chi connectivity index (χ3n) is 7.32. The average Bonchev–Trinajstić information content (AvgIpc) is 2.74. The molecular formula is C29H38N+. The highest BCUT2D eigenvalue weighted by molar-refractivity contribution is 5.94. The zero-order valence-corrected chi connectivity index (χ0v) is 19.9. The van der Waals surface area contributed by atoms with Crippen LogP contribution in [0.4, 0.5) is 0 Å². The van der Waals surface area contributed by atoms with Crippen molar-refractivity contribution in [2.45, 2.75) is 85.0 Å². The molecule has 1 aliphatic rings. The van der Waals surface area contributed by atoms with Crippen molar-refractivity contribution in [2.75, 3.05) is 0 Å². The Balaban J connectivity index is 2.00. The lowest BCUT2D eigenvalue weighted by atomic mass is 9.82. The van der Waals surface area contributed by atoms with Crippen LogP contribution >= 0.6 is 0 Å². The first-order valence-corrected chi connectivity index (χ1v) is 11.6. The zero-order chi connectivity index (χ0) is 22.5. The van der Waals surface area contributed by atoms with Crippen molar-refractivity contribution in [1.82, 2.24) is 0 Å². The molecule has 0 amide bonds. The molecule has 0 N–H and O–H groups in total. The normalized spacial score (nSPS) is 16.2. The summed E-state index contributed by atoms with van der Waals surface area (Å²) in [5.41, 5.74) is 9.12. The summed E-state index contributed by atoms with van der Waals surface area (Å²) < 4.78 is 11.2. The number of fused-ring (bicyclic) bond motifs is 1. The number of aromatic nitrogens is 1. The Hall–Kier alpha value is -2.15. The highest BCUT2D eigenvalue weighted by Crippen LogP contribution is 2.37. The second kappa shape index (κ2) is 7.84. The first kappa shape index (κ1) is 19.8. The summed E-state index contributed by atoms with van der Waals surface area (Å²) in [6, 6.07) is 12.4. The van der Waals surface area contributed by atoms with Gasteiger partial charge in [-0.3, -0.25) is 0 Å². The number of aryl methyl sites for hydroxylation is 1. The van der Waals surface area contributed by atoms with Crippen molar-refractivity contribution in [2.24, 2.45) is 7.05 Å². The number of pyridine rings is 1. The van der Waals surface area contributed by atoms with Crippen LogP contribution in [0.1, 0.15) is 88.1 Å². The summed E-state index contributed by atoms with van der Waals surface area (Å²) in [6.45, 7) is 13.4. The van der Waals surface area contributed by atoms with Crippen LogP contribution in [-0.4, -0.2) is 0 Å². The Morgan fingerprint density at radius 1 is 0.967 bits per heavy atom. The second-order valence-electron chi connectivity index (χ2n) is 10.5. The van der Waals surface area contributed by atoms with Crippen LogP contribution in [0, 0.1) is 20.8 Å². The maximum absolute atomic E-state index is 8.92. The first-order valence-electron chi connectivity index (χ1n) is 12.1. The molecule has 1 heteroatoms. The van der Waals surface area contributed by atoms with Crippen LogP contribution in [0.25, 0.3) is 22.0 Å². The minimum Gasteiger partial charge on any atom is -0.198 e. The van der Waals surface area contributed by atoms with Crippen LogP contribution in [0.15, 0.2) is 36.4 Å². The van der Waals surface area contributed by atoms with Gasteiger partial charge in [-0.25, -0.2) is 0 Å². The van der Waals surface area contributed by atoms with Crippen molar-refractivity contribution < 1.29 is 5.94 Å². The summed E-state index contributed by atoms with van der Waals surface area (Å²) in [4.78, 5) is 0. The molecule has 2 aromatic carbocycles. The minimum atomic E-state index is 0.0974. The molecule has 1 fully saturated rings. The average molecular weight is 402 g/mol. The largest absolute Gasteiger partial charge is 0.220 e. The molecule has 0 spiro atoms. The minimum absolute atomic E-state index is 0.0974. The van der Waals surface area contributed by atoms with Crippen LogP contribution in [-0.2, 0) is 12.5 Å². The van der Waals surface area contributed by atoms with E-state index in [1.54, 1.807) is 0 Å². The predicted octanol–water partition coefficient (Wildman–Crippen LogP) is 7.60. The molecule has 1 heterocycles. The van der Waals surface area contributed by atoms with E-state index in [0.29, 0.717) is 12.0 Å². The maximum atomic E-state index is 8.92. The van der Waals surface area contributed by atoms with Crippen LogP contribution < -0.4 is 4.57 Å². The van der Waals surface area contributed by atoms with Gasteiger partial charge in [0.2, 0.25) is 5.69 Å². The summed E-state index contributed by atoms with van der Waals surface area (Å²) in [5, 5.41) is 2.30. The molecule has 1 nitrogen and oxygen atoms in total. The highest BCUT2D eigenvalue weighted by atomic mass is 14.9. The van der Waals surface area contributed by atoms with Crippen LogP contribution in [0.5, 0.6) is 0 Å². The molecule has 0 atom stereocenters. The third-order valence-corrected chi connectivity index (χ3v) is 7.32. The molecule has 1 aliphatic carbocycles. The molecule has 158 valence electrons. The Bertz CT molecular complexity index is 1140. The van der Waals surface area contributed by atoms with E-state index in [-0.39, 0.29) is 5.41 Å². The molecule has 0 radical (unpaired) electrons. The van der Waals surface area contributed by atoms with Gasteiger partial charge in [-0.1, -0.05) is 58.2 Å². The van der Waals surface area contributed by atoms with Gasteiger partial charge < -0.3 is 0 Å². The van der Waals surface area contributed by atoms with Gasteiger partial charge in [0.1, 0.15) is 7.05 Å². The van der Waals surface area contributed by atoms with E-state index >= 15 is 0 Å². The van der Waals surface area contributed by atoms with E-state index in [1.807, 2.05) is 0 Å². The molecule has 0 unspecified atom stereocenters. The summed E-state index contributed by atoms with van der Waals surface area (Å²) >= 11 is 0. The van der Waals surface area contributed by atoms with Gasteiger partial charge in [-0.15, -0.1) is 0 Å². The second-order valence-corrected chi connectivity index (χ2v) is 10.5. The molecule has 0 saturated heterocycles. The van der Waals surface area contributed by atoms with E-state index in [9.17, 15) is 0 Å². The Morgan fingerprint density at radius 2 is 1.67 bits per heavy atom. The Kier molecular flexibility index (Phi) is 5.17. The lowest BCUT2D eigenvalue weighted by Crippen LogP contribution is -2.35. The van der Waals surface area contributed by atoms with Crippen molar-refractivity contribution in [3.63, 3.8) is 0 Å². The molecule has 1 aromatic heterocycles. The predicted molar refractivity (Wildman–Crippen MR) is 129 cm³/mol. The fourth-order valence-electron chi connectivity index (χ4n) is 5.05. The lowest BCUT2D eigenvalue weighted by molar-refractivity contribution is -0.665. The van der Waals surface area contributed by atoms with Crippen molar-refractivity contribution in [3.05, 3.63) is 64.3 Å². The van der Waals surface area contributed by atoms with Gasteiger partial charge in [0.25, 0.3) is 0 Å². The summed E-state index contributed by atoms with van der Waals surface area (Å²) in [6.07, 6.45) is 6.62. The lowest BCUT2D eigenvalue weighted by Gasteiger charge is -2.23. The van der Waals surface area contributed by atoms with E-state index in [1.165, 1.54) is 71.0 Å². The standard InChI is InChI=1S/C29H38N/c1-19-15-25(29(4,5)6)18-27(21(19)3)28-26-14-13-23(22-11-9-8-10-12-22)17-24(26)16-20(2)30(28)7/h13-18,22H,8-12H2,1-7H3/q+1/i16D. The quantitative estimate of drug-likeness (QED) is 0.389. The first-order chi connectivity index (χ1) is 14.6. The SMILES string of the molecule is [2H]c1c(C)[n+](C)c(-c2cc(C(C)(C)C)cc(C)c2C)c2ccc(C3CCCCC3)cc12. The molecule has 0 bridgehead atoms. The maximum Gasteiger partial charge on any atom is 0.220 e. The zero-order valence-electron chi connectivity index (χ0n) is 20.9. The van der Waals surface area contributed by atoms with E-state index in [2.05, 4.69) is 83.5 Å². The van der Waals surface area contributed by atoms with E-state index in [0.717, 1.165) is 11.1 Å². The molecule has 1 saturated carbocycles. The monoisotopic (exact) mass is 401 g/mol. The van der Waals surface area contributed by atoms with Gasteiger partial charge in [0.05, 0.1) is 12.3 Å².